The van der Waals surface area contributed by atoms with E-state index in [0.29, 0.717) is 17.9 Å². The first-order chi connectivity index (χ1) is 9.39. The van der Waals surface area contributed by atoms with Gasteiger partial charge in [-0.25, -0.2) is 4.79 Å². The summed E-state index contributed by atoms with van der Waals surface area (Å²) in [5, 5.41) is 22.1. The van der Waals surface area contributed by atoms with Crippen molar-refractivity contribution in [1.29, 1.82) is 0 Å². The number of aromatic carboxylic acids is 1. The number of aromatic nitrogens is 1. The number of nitrogens with one attached hydrogen (secondary N) is 1. The average Bonchev–Trinajstić information content (AvgIpc) is 2.39. The highest BCUT2D eigenvalue weighted by atomic mass is 16.4. The Morgan fingerprint density at radius 1 is 1.35 bits per heavy atom. The Bertz CT molecular complexity index is 474. The van der Waals surface area contributed by atoms with E-state index in [0.717, 1.165) is 18.5 Å². The summed E-state index contributed by atoms with van der Waals surface area (Å²) in [5.74, 6) is -0.986. The van der Waals surface area contributed by atoms with Gasteiger partial charge in [-0.2, -0.15) is 0 Å². The van der Waals surface area contributed by atoms with Gasteiger partial charge in [0.1, 0.15) is 5.56 Å². The Hall–Kier alpha value is -1.62. The smallest absolute Gasteiger partial charge is 0.339 e. The zero-order chi connectivity index (χ0) is 15.3. The van der Waals surface area contributed by atoms with Crippen molar-refractivity contribution in [2.24, 2.45) is 5.41 Å². The quantitative estimate of drug-likeness (QED) is 0.715. The van der Waals surface area contributed by atoms with Crippen molar-refractivity contribution in [3.8, 4) is 0 Å². The molecule has 0 saturated heterocycles. The predicted molar refractivity (Wildman–Crippen MR) is 79.3 cm³/mol. The summed E-state index contributed by atoms with van der Waals surface area (Å²) in [4.78, 5) is 15.5. The minimum absolute atomic E-state index is 0.0818. The van der Waals surface area contributed by atoms with Crippen molar-refractivity contribution < 1.29 is 15.0 Å². The van der Waals surface area contributed by atoms with Gasteiger partial charge in [-0.05, 0) is 32.8 Å². The van der Waals surface area contributed by atoms with Crippen molar-refractivity contribution in [3.63, 3.8) is 0 Å². The maximum atomic E-state index is 11.4. The molecule has 1 aromatic heterocycles. The first-order valence-corrected chi connectivity index (χ1v) is 6.95. The van der Waals surface area contributed by atoms with Gasteiger partial charge in [0.25, 0.3) is 0 Å². The Balaban J connectivity index is 3.06. The van der Waals surface area contributed by atoms with Gasteiger partial charge in [-0.15, -0.1) is 0 Å². The standard InChI is InChI=1S/C15H24N2O3/c1-5-15(6-2,9-18)8-16-12-7-10(3)17-11(4)13(12)14(19)20/h7,18H,5-6,8-9H2,1-4H3,(H,16,17)(H,19,20). The van der Waals surface area contributed by atoms with Crippen molar-refractivity contribution >= 4 is 11.7 Å². The SMILES string of the molecule is CCC(CC)(CO)CNc1cc(C)nc(C)c1C(=O)O. The summed E-state index contributed by atoms with van der Waals surface area (Å²) < 4.78 is 0. The fourth-order valence-electron chi connectivity index (χ4n) is 2.30. The van der Waals surface area contributed by atoms with E-state index < -0.39 is 5.97 Å². The minimum Gasteiger partial charge on any atom is -0.478 e. The molecule has 5 nitrogen and oxygen atoms in total. The molecule has 0 bridgehead atoms. The predicted octanol–water partition coefficient (Wildman–Crippen LogP) is 2.61. The fourth-order valence-corrected chi connectivity index (χ4v) is 2.30. The number of carbonyl (C=O) groups is 1. The van der Waals surface area contributed by atoms with Crippen LogP contribution in [0.3, 0.4) is 0 Å². The van der Waals surface area contributed by atoms with Crippen LogP contribution in [0.25, 0.3) is 0 Å². The molecular weight excluding hydrogens is 256 g/mol. The molecular formula is C15H24N2O3. The number of hydrogen-bond acceptors (Lipinski definition) is 4. The first-order valence-electron chi connectivity index (χ1n) is 6.95. The summed E-state index contributed by atoms with van der Waals surface area (Å²) in [7, 11) is 0. The molecule has 1 rings (SSSR count). The molecule has 0 aliphatic rings. The van der Waals surface area contributed by atoms with Gasteiger partial charge in [-0.1, -0.05) is 13.8 Å². The molecule has 1 aromatic rings. The number of carboxylic acids is 1. The lowest BCUT2D eigenvalue weighted by Crippen LogP contribution is -2.32. The molecule has 0 radical (unpaired) electrons. The Morgan fingerprint density at radius 2 is 1.95 bits per heavy atom. The lowest BCUT2D eigenvalue weighted by Gasteiger charge is -2.30. The van der Waals surface area contributed by atoms with E-state index in [-0.39, 0.29) is 17.6 Å². The van der Waals surface area contributed by atoms with Crippen LogP contribution in [0.4, 0.5) is 5.69 Å². The Labute approximate surface area is 120 Å². The lowest BCUT2D eigenvalue weighted by atomic mass is 9.83. The lowest BCUT2D eigenvalue weighted by molar-refractivity contribution is 0.0696. The number of aliphatic hydroxyl groups excluding tert-OH is 1. The third-order valence-corrected chi connectivity index (χ3v) is 4.03. The monoisotopic (exact) mass is 280 g/mol. The number of hydrogen-bond donors (Lipinski definition) is 3. The highest BCUT2D eigenvalue weighted by molar-refractivity contribution is 5.95. The van der Waals surface area contributed by atoms with Gasteiger partial charge < -0.3 is 15.5 Å². The molecule has 0 aromatic carbocycles. The summed E-state index contributed by atoms with van der Waals surface area (Å²) in [6, 6.07) is 1.74. The molecule has 0 fully saturated rings. The van der Waals surface area contributed by atoms with Crippen LogP contribution in [0.2, 0.25) is 0 Å². The highest BCUT2D eigenvalue weighted by Crippen LogP contribution is 2.28. The second-order valence-corrected chi connectivity index (χ2v) is 5.30. The van der Waals surface area contributed by atoms with Crippen LogP contribution in [0.1, 0.15) is 48.4 Å². The van der Waals surface area contributed by atoms with Crippen molar-refractivity contribution in [2.75, 3.05) is 18.5 Å². The van der Waals surface area contributed by atoms with Crippen molar-refractivity contribution in [2.45, 2.75) is 40.5 Å². The molecule has 20 heavy (non-hydrogen) atoms. The second-order valence-electron chi connectivity index (χ2n) is 5.30. The van der Waals surface area contributed by atoms with E-state index in [9.17, 15) is 15.0 Å². The fraction of sp³-hybridized carbons (Fsp3) is 0.600. The molecule has 0 aliphatic heterocycles. The number of aryl methyl sites for hydroxylation is 2. The van der Waals surface area contributed by atoms with Crippen LogP contribution >= 0.6 is 0 Å². The average molecular weight is 280 g/mol. The molecule has 1 heterocycles. The molecule has 0 aliphatic carbocycles. The molecule has 0 atom stereocenters. The van der Waals surface area contributed by atoms with E-state index in [1.54, 1.807) is 13.0 Å². The molecule has 0 unspecified atom stereocenters. The number of carboxylic acid groups (broad SMARTS) is 1. The normalized spacial score (nSPS) is 11.4. The van der Waals surface area contributed by atoms with E-state index in [1.165, 1.54) is 0 Å². The second kappa shape index (κ2) is 6.70. The molecule has 0 amide bonds. The van der Waals surface area contributed by atoms with E-state index in [1.807, 2.05) is 20.8 Å². The van der Waals surface area contributed by atoms with Crippen LogP contribution < -0.4 is 5.32 Å². The summed E-state index contributed by atoms with van der Waals surface area (Å²) in [6.07, 6.45) is 1.66. The topological polar surface area (TPSA) is 82.5 Å². The van der Waals surface area contributed by atoms with E-state index in [4.69, 9.17) is 0 Å². The van der Waals surface area contributed by atoms with Crippen LogP contribution in [-0.4, -0.2) is 34.3 Å². The molecule has 0 saturated carbocycles. The van der Waals surface area contributed by atoms with Crippen LogP contribution in [0.15, 0.2) is 6.07 Å². The van der Waals surface area contributed by atoms with Crippen LogP contribution in [-0.2, 0) is 0 Å². The summed E-state index contributed by atoms with van der Waals surface area (Å²) >= 11 is 0. The Kier molecular flexibility index (Phi) is 5.51. The van der Waals surface area contributed by atoms with Gasteiger partial charge >= 0.3 is 5.97 Å². The molecule has 0 spiro atoms. The summed E-state index contributed by atoms with van der Waals surface area (Å²) in [6.45, 7) is 8.21. The minimum atomic E-state index is -0.986. The Morgan fingerprint density at radius 3 is 2.40 bits per heavy atom. The van der Waals surface area contributed by atoms with Gasteiger partial charge in [0.15, 0.2) is 0 Å². The van der Waals surface area contributed by atoms with Crippen LogP contribution in [0.5, 0.6) is 0 Å². The number of nitrogens with zero attached hydrogens (tertiary/aromatic N) is 1. The van der Waals surface area contributed by atoms with Gasteiger partial charge in [-0.3, -0.25) is 4.98 Å². The highest BCUT2D eigenvalue weighted by Gasteiger charge is 2.26. The van der Waals surface area contributed by atoms with Crippen LogP contribution in [0, 0.1) is 19.3 Å². The third kappa shape index (κ3) is 3.48. The summed E-state index contributed by atoms with van der Waals surface area (Å²) in [5.41, 5.74) is 1.83. The number of rotatable bonds is 7. The van der Waals surface area contributed by atoms with Crippen molar-refractivity contribution in [1.82, 2.24) is 4.98 Å². The van der Waals surface area contributed by atoms with Crippen molar-refractivity contribution in [3.05, 3.63) is 23.0 Å². The van der Waals surface area contributed by atoms with Gasteiger partial charge in [0.2, 0.25) is 0 Å². The number of aliphatic hydroxyl groups is 1. The van der Waals surface area contributed by atoms with Gasteiger partial charge in [0, 0.05) is 17.7 Å². The zero-order valence-corrected chi connectivity index (χ0v) is 12.7. The number of anilines is 1. The molecule has 3 N–H and O–H groups in total. The molecule has 5 heteroatoms. The number of pyridine rings is 1. The first kappa shape index (κ1) is 16.4. The third-order valence-electron chi connectivity index (χ3n) is 4.03. The van der Waals surface area contributed by atoms with Gasteiger partial charge in [0.05, 0.1) is 18.0 Å². The zero-order valence-electron chi connectivity index (χ0n) is 12.7. The van der Waals surface area contributed by atoms with E-state index in [2.05, 4.69) is 10.3 Å². The maximum absolute atomic E-state index is 11.4. The largest absolute Gasteiger partial charge is 0.478 e. The molecule has 112 valence electrons. The van der Waals surface area contributed by atoms with E-state index >= 15 is 0 Å². The maximum Gasteiger partial charge on any atom is 0.339 e.